The molecule has 0 saturated carbocycles. The van der Waals surface area contributed by atoms with Gasteiger partial charge in [0.2, 0.25) is 5.91 Å². The zero-order valence-electron chi connectivity index (χ0n) is 11.7. The molecule has 18 heavy (non-hydrogen) atoms. The first-order chi connectivity index (χ1) is 8.54. The second-order valence-electron chi connectivity index (χ2n) is 4.53. The van der Waals surface area contributed by atoms with E-state index in [0.717, 1.165) is 25.1 Å². The number of amides is 1. The molecule has 0 bridgehead atoms. The summed E-state index contributed by atoms with van der Waals surface area (Å²) in [5, 5.41) is 0. The van der Waals surface area contributed by atoms with Gasteiger partial charge in [0.15, 0.2) is 0 Å². The number of anilines is 1. The third-order valence-corrected chi connectivity index (χ3v) is 2.83. The Balaban J connectivity index is 2.53. The number of nitrogens with zero attached hydrogens (tertiary/aromatic N) is 4. The fraction of sp³-hybridized carbons (Fsp3) is 0.615. The molecule has 0 atom stereocenters. The van der Waals surface area contributed by atoms with Crippen LogP contribution in [0.3, 0.4) is 0 Å². The van der Waals surface area contributed by atoms with Crippen LogP contribution in [0.2, 0.25) is 0 Å². The minimum absolute atomic E-state index is 0.0565. The largest absolute Gasteiger partial charge is 0.312 e. The van der Waals surface area contributed by atoms with Crippen LogP contribution in [0, 0.1) is 6.92 Å². The summed E-state index contributed by atoms with van der Waals surface area (Å²) in [6.07, 6.45) is 5.60. The van der Waals surface area contributed by atoms with E-state index in [1.807, 2.05) is 18.9 Å². The number of unbranched alkanes of at least 4 members (excludes halogenated alkanes) is 1. The molecule has 5 heteroatoms. The first kappa shape index (κ1) is 14.6. The van der Waals surface area contributed by atoms with Crippen molar-refractivity contribution in [1.82, 2.24) is 14.9 Å². The fourth-order valence-electron chi connectivity index (χ4n) is 1.55. The van der Waals surface area contributed by atoms with E-state index < -0.39 is 0 Å². The van der Waals surface area contributed by atoms with Crippen LogP contribution in [0.1, 0.15) is 25.6 Å². The minimum Gasteiger partial charge on any atom is -0.312 e. The summed E-state index contributed by atoms with van der Waals surface area (Å²) in [7, 11) is 3.72. The van der Waals surface area contributed by atoms with Crippen LogP contribution >= 0.6 is 0 Å². The summed E-state index contributed by atoms with van der Waals surface area (Å²) in [5.41, 5.74) is 0.731. The molecule has 1 aromatic rings. The second kappa shape index (κ2) is 7.06. The second-order valence-corrected chi connectivity index (χ2v) is 4.53. The lowest BCUT2D eigenvalue weighted by atomic mass is 10.3. The number of carbonyl (C=O) groups excluding carboxylic acids is 1. The van der Waals surface area contributed by atoms with Crippen molar-refractivity contribution in [3.05, 3.63) is 18.2 Å². The van der Waals surface area contributed by atoms with Gasteiger partial charge in [0.05, 0.1) is 24.6 Å². The summed E-state index contributed by atoms with van der Waals surface area (Å²) in [6, 6.07) is 0. The van der Waals surface area contributed by atoms with Gasteiger partial charge in [-0.2, -0.15) is 0 Å². The zero-order valence-corrected chi connectivity index (χ0v) is 11.7. The van der Waals surface area contributed by atoms with Crippen LogP contribution in [0.4, 0.5) is 5.69 Å². The van der Waals surface area contributed by atoms with Gasteiger partial charge in [0.25, 0.3) is 0 Å². The summed E-state index contributed by atoms with van der Waals surface area (Å²) < 4.78 is 0. The van der Waals surface area contributed by atoms with E-state index in [1.165, 1.54) is 0 Å². The molecule has 0 radical (unpaired) electrons. The Morgan fingerprint density at radius 2 is 1.89 bits per heavy atom. The van der Waals surface area contributed by atoms with E-state index in [0.29, 0.717) is 12.4 Å². The van der Waals surface area contributed by atoms with E-state index in [-0.39, 0.29) is 5.91 Å². The molecule has 5 nitrogen and oxygen atoms in total. The first-order valence-electron chi connectivity index (χ1n) is 6.28. The molecule has 0 fully saturated rings. The number of hydrogen-bond donors (Lipinski definition) is 0. The van der Waals surface area contributed by atoms with Crippen molar-refractivity contribution in [3.63, 3.8) is 0 Å². The molecule has 100 valence electrons. The van der Waals surface area contributed by atoms with Gasteiger partial charge in [-0.05, 0) is 26.9 Å². The summed E-state index contributed by atoms with van der Waals surface area (Å²) in [4.78, 5) is 23.9. The van der Waals surface area contributed by atoms with Gasteiger partial charge in [-0.1, -0.05) is 13.3 Å². The topological polar surface area (TPSA) is 49.3 Å². The van der Waals surface area contributed by atoms with E-state index in [1.54, 1.807) is 24.3 Å². The Bertz CT molecular complexity index is 377. The first-order valence-corrected chi connectivity index (χ1v) is 6.28. The Morgan fingerprint density at radius 1 is 1.28 bits per heavy atom. The average molecular weight is 250 g/mol. The van der Waals surface area contributed by atoms with Crippen molar-refractivity contribution in [1.29, 1.82) is 0 Å². The molecule has 0 aliphatic heterocycles. The number of carbonyl (C=O) groups is 1. The van der Waals surface area contributed by atoms with Crippen LogP contribution in [0.5, 0.6) is 0 Å². The maximum absolute atomic E-state index is 12.0. The zero-order chi connectivity index (χ0) is 13.5. The van der Waals surface area contributed by atoms with Gasteiger partial charge in [0, 0.05) is 7.05 Å². The third-order valence-electron chi connectivity index (χ3n) is 2.83. The summed E-state index contributed by atoms with van der Waals surface area (Å²) in [6.45, 7) is 5.33. The number of likely N-dealkylation sites (N-methyl/N-ethyl adjacent to an activating group) is 2. The molecule has 0 aromatic carbocycles. The molecule has 0 spiro atoms. The van der Waals surface area contributed by atoms with Crippen LogP contribution in [-0.2, 0) is 4.79 Å². The molecule has 1 amide bonds. The van der Waals surface area contributed by atoms with Crippen molar-refractivity contribution in [2.75, 3.05) is 32.1 Å². The van der Waals surface area contributed by atoms with Crippen molar-refractivity contribution >= 4 is 11.6 Å². The Labute approximate surface area is 109 Å². The lowest BCUT2D eigenvalue weighted by molar-refractivity contribution is -0.119. The Hall–Kier alpha value is -1.49. The van der Waals surface area contributed by atoms with Gasteiger partial charge in [0.1, 0.15) is 5.82 Å². The van der Waals surface area contributed by atoms with Crippen molar-refractivity contribution in [2.24, 2.45) is 0 Å². The normalized spacial score (nSPS) is 10.7. The number of aryl methyl sites for hydroxylation is 1. The molecule has 0 unspecified atom stereocenters. The molecule has 1 rings (SSSR count). The van der Waals surface area contributed by atoms with E-state index >= 15 is 0 Å². The Morgan fingerprint density at radius 3 is 2.44 bits per heavy atom. The lowest BCUT2D eigenvalue weighted by Gasteiger charge is -2.21. The van der Waals surface area contributed by atoms with Crippen LogP contribution in [0.15, 0.2) is 12.4 Å². The molecule has 0 saturated heterocycles. The van der Waals surface area contributed by atoms with Crippen LogP contribution < -0.4 is 4.90 Å². The number of aromatic nitrogens is 2. The smallest absolute Gasteiger partial charge is 0.240 e. The fourth-order valence-corrected chi connectivity index (χ4v) is 1.55. The highest BCUT2D eigenvalue weighted by molar-refractivity contribution is 5.93. The van der Waals surface area contributed by atoms with Crippen LogP contribution in [-0.4, -0.2) is 48.0 Å². The van der Waals surface area contributed by atoms with Crippen molar-refractivity contribution < 1.29 is 4.79 Å². The van der Waals surface area contributed by atoms with E-state index in [4.69, 9.17) is 0 Å². The van der Waals surface area contributed by atoms with Crippen molar-refractivity contribution in [2.45, 2.75) is 26.7 Å². The molecule has 0 N–H and O–H groups in total. The standard InChI is InChI=1S/C13H22N4O/c1-5-6-7-16(3)10-13(18)17(4)12-8-14-11(2)15-9-12/h8-9H,5-7,10H2,1-4H3. The van der Waals surface area contributed by atoms with E-state index in [9.17, 15) is 4.79 Å². The molecular weight excluding hydrogens is 228 g/mol. The van der Waals surface area contributed by atoms with Gasteiger partial charge >= 0.3 is 0 Å². The maximum Gasteiger partial charge on any atom is 0.240 e. The Kier molecular flexibility index (Phi) is 5.71. The predicted molar refractivity (Wildman–Crippen MR) is 72.6 cm³/mol. The highest BCUT2D eigenvalue weighted by Crippen LogP contribution is 2.09. The molecule has 0 aliphatic rings. The quantitative estimate of drug-likeness (QED) is 0.767. The SMILES string of the molecule is CCCCN(C)CC(=O)N(C)c1cnc(C)nc1. The molecular formula is C13H22N4O. The third kappa shape index (κ3) is 4.41. The summed E-state index contributed by atoms with van der Waals surface area (Å²) >= 11 is 0. The number of hydrogen-bond acceptors (Lipinski definition) is 4. The molecule has 0 aliphatic carbocycles. The lowest BCUT2D eigenvalue weighted by Crippen LogP contribution is -2.37. The highest BCUT2D eigenvalue weighted by atomic mass is 16.2. The molecule has 1 aromatic heterocycles. The van der Waals surface area contributed by atoms with E-state index in [2.05, 4.69) is 16.9 Å². The highest BCUT2D eigenvalue weighted by Gasteiger charge is 2.13. The van der Waals surface area contributed by atoms with Gasteiger partial charge in [-0.15, -0.1) is 0 Å². The van der Waals surface area contributed by atoms with Gasteiger partial charge < -0.3 is 4.90 Å². The van der Waals surface area contributed by atoms with Crippen molar-refractivity contribution in [3.8, 4) is 0 Å². The molecule has 1 heterocycles. The van der Waals surface area contributed by atoms with Gasteiger partial charge in [-0.3, -0.25) is 9.69 Å². The van der Waals surface area contributed by atoms with Gasteiger partial charge in [-0.25, -0.2) is 9.97 Å². The van der Waals surface area contributed by atoms with Crippen LogP contribution in [0.25, 0.3) is 0 Å². The number of rotatable bonds is 6. The predicted octanol–water partition coefficient (Wildman–Crippen LogP) is 1.48. The average Bonchev–Trinajstić information content (AvgIpc) is 2.36. The minimum atomic E-state index is 0.0565. The maximum atomic E-state index is 12.0. The monoisotopic (exact) mass is 250 g/mol. The summed E-state index contributed by atoms with van der Waals surface area (Å²) in [5.74, 6) is 0.765.